The van der Waals surface area contributed by atoms with Crippen LogP contribution in [0.5, 0.6) is 11.5 Å². The van der Waals surface area contributed by atoms with Gasteiger partial charge in [-0.3, -0.25) is 0 Å². The Labute approximate surface area is 119 Å². The number of nitrogens with zero attached hydrogens (tertiary/aromatic N) is 2. The van der Waals surface area contributed by atoms with Crippen LogP contribution in [0.25, 0.3) is 0 Å². The second-order valence-electron chi connectivity index (χ2n) is 5.57. The Kier molecular flexibility index (Phi) is 3.79. The zero-order chi connectivity index (χ0) is 13.9. The number of likely N-dealkylation sites (tertiary alicyclic amines) is 1. The first-order chi connectivity index (χ1) is 9.83. The Morgan fingerprint density at radius 1 is 1.45 bits per heavy atom. The Hall–Kier alpha value is -1.73. The lowest BCUT2D eigenvalue weighted by Gasteiger charge is -2.29. The molecule has 0 bridgehead atoms. The third-order valence-electron chi connectivity index (χ3n) is 4.35. The van der Waals surface area contributed by atoms with Crippen molar-refractivity contribution in [3.05, 3.63) is 23.8 Å². The molecular formula is C16H20N2O2. The largest absolute Gasteiger partial charge is 0.496 e. The molecule has 1 fully saturated rings. The van der Waals surface area contributed by atoms with Gasteiger partial charge < -0.3 is 14.4 Å². The molecule has 0 aromatic heterocycles. The van der Waals surface area contributed by atoms with Crippen molar-refractivity contribution in [2.24, 2.45) is 5.92 Å². The minimum Gasteiger partial charge on any atom is -0.496 e. The highest BCUT2D eigenvalue weighted by atomic mass is 16.5. The number of benzene rings is 1. The molecule has 20 heavy (non-hydrogen) atoms. The number of nitriles is 1. The molecule has 1 aromatic carbocycles. The molecule has 0 radical (unpaired) electrons. The summed E-state index contributed by atoms with van der Waals surface area (Å²) in [7, 11) is 1.72. The smallest absolute Gasteiger partial charge is 0.126 e. The van der Waals surface area contributed by atoms with E-state index < -0.39 is 0 Å². The van der Waals surface area contributed by atoms with Crippen molar-refractivity contribution in [2.75, 3.05) is 33.4 Å². The van der Waals surface area contributed by atoms with E-state index in [0.717, 1.165) is 44.2 Å². The van der Waals surface area contributed by atoms with Crippen LogP contribution in [-0.2, 0) is 0 Å². The SMILES string of the molecule is COc1cccc2c1[C@H]1CN(CCCC#N)C[C@H]1CO2. The van der Waals surface area contributed by atoms with Crippen LogP contribution in [0.2, 0.25) is 0 Å². The summed E-state index contributed by atoms with van der Waals surface area (Å²) < 4.78 is 11.4. The van der Waals surface area contributed by atoms with E-state index >= 15 is 0 Å². The van der Waals surface area contributed by atoms with Crippen LogP contribution in [0.1, 0.15) is 24.3 Å². The Morgan fingerprint density at radius 3 is 3.15 bits per heavy atom. The molecule has 0 saturated carbocycles. The van der Waals surface area contributed by atoms with E-state index in [1.54, 1.807) is 7.11 Å². The van der Waals surface area contributed by atoms with Crippen molar-refractivity contribution in [2.45, 2.75) is 18.8 Å². The van der Waals surface area contributed by atoms with Gasteiger partial charge in [0.1, 0.15) is 11.5 Å². The molecule has 2 atom stereocenters. The highest BCUT2D eigenvalue weighted by molar-refractivity contribution is 5.49. The molecular weight excluding hydrogens is 252 g/mol. The molecule has 0 N–H and O–H groups in total. The summed E-state index contributed by atoms with van der Waals surface area (Å²) in [5.41, 5.74) is 1.23. The number of unbranched alkanes of at least 4 members (excludes halogenated alkanes) is 1. The van der Waals surface area contributed by atoms with Crippen molar-refractivity contribution in [3.63, 3.8) is 0 Å². The van der Waals surface area contributed by atoms with Crippen molar-refractivity contribution < 1.29 is 9.47 Å². The van der Waals surface area contributed by atoms with Crippen LogP contribution >= 0.6 is 0 Å². The third-order valence-corrected chi connectivity index (χ3v) is 4.35. The molecule has 4 heteroatoms. The third kappa shape index (κ3) is 2.34. The van der Waals surface area contributed by atoms with Gasteiger partial charge in [0.05, 0.1) is 19.8 Å². The number of ether oxygens (including phenoxy) is 2. The number of hydrogen-bond acceptors (Lipinski definition) is 4. The Morgan fingerprint density at radius 2 is 2.35 bits per heavy atom. The van der Waals surface area contributed by atoms with Crippen molar-refractivity contribution in [1.82, 2.24) is 4.90 Å². The van der Waals surface area contributed by atoms with Crippen LogP contribution in [-0.4, -0.2) is 38.3 Å². The number of fused-ring (bicyclic) bond motifs is 3. The topological polar surface area (TPSA) is 45.5 Å². The highest BCUT2D eigenvalue weighted by Crippen LogP contribution is 2.45. The predicted octanol–water partition coefficient (Wildman–Crippen LogP) is 2.41. The zero-order valence-electron chi connectivity index (χ0n) is 11.8. The molecule has 0 spiro atoms. The maximum atomic E-state index is 8.64. The fraction of sp³-hybridized carbons (Fsp3) is 0.562. The zero-order valence-corrected chi connectivity index (χ0v) is 11.8. The number of rotatable bonds is 4. The maximum absolute atomic E-state index is 8.64. The predicted molar refractivity (Wildman–Crippen MR) is 76.0 cm³/mol. The lowest BCUT2D eigenvalue weighted by atomic mass is 9.86. The van der Waals surface area contributed by atoms with Crippen LogP contribution in [0.3, 0.4) is 0 Å². The monoisotopic (exact) mass is 272 g/mol. The average Bonchev–Trinajstić information content (AvgIpc) is 2.89. The first-order valence-corrected chi connectivity index (χ1v) is 7.22. The molecule has 2 aliphatic rings. The molecule has 2 aliphatic heterocycles. The quantitative estimate of drug-likeness (QED) is 0.790. The lowest BCUT2D eigenvalue weighted by Crippen LogP contribution is -2.25. The second kappa shape index (κ2) is 5.72. The van der Waals surface area contributed by atoms with E-state index in [4.69, 9.17) is 14.7 Å². The summed E-state index contributed by atoms with van der Waals surface area (Å²) in [6, 6.07) is 8.25. The maximum Gasteiger partial charge on any atom is 0.126 e. The Bertz CT molecular complexity index is 509. The molecule has 0 aliphatic carbocycles. The van der Waals surface area contributed by atoms with Gasteiger partial charge in [0.25, 0.3) is 0 Å². The van der Waals surface area contributed by atoms with Gasteiger partial charge >= 0.3 is 0 Å². The van der Waals surface area contributed by atoms with E-state index in [-0.39, 0.29) is 0 Å². The number of methoxy groups -OCH3 is 1. The van der Waals surface area contributed by atoms with E-state index in [1.165, 1.54) is 5.56 Å². The summed E-state index contributed by atoms with van der Waals surface area (Å²) in [5, 5.41) is 8.64. The highest BCUT2D eigenvalue weighted by Gasteiger charge is 2.40. The van der Waals surface area contributed by atoms with Crippen molar-refractivity contribution >= 4 is 0 Å². The lowest BCUT2D eigenvalue weighted by molar-refractivity contribution is 0.209. The van der Waals surface area contributed by atoms with Crippen LogP contribution in [0.4, 0.5) is 0 Å². The van der Waals surface area contributed by atoms with Crippen molar-refractivity contribution in [1.29, 1.82) is 5.26 Å². The van der Waals surface area contributed by atoms with E-state index in [0.29, 0.717) is 18.3 Å². The van der Waals surface area contributed by atoms with E-state index in [1.807, 2.05) is 18.2 Å². The molecule has 4 nitrogen and oxygen atoms in total. The summed E-state index contributed by atoms with van der Waals surface area (Å²) in [4.78, 5) is 2.46. The van der Waals surface area contributed by atoms with Gasteiger partial charge in [-0.15, -0.1) is 0 Å². The Balaban J connectivity index is 1.77. The van der Waals surface area contributed by atoms with Gasteiger partial charge in [-0.1, -0.05) is 6.07 Å². The minimum atomic E-state index is 0.497. The molecule has 0 amide bonds. The van der Waals surface area contributed by atoms with Crippen LogP contribution in [0, 0.1) is 17.2 Å². The summed E-state index contributed by atoms with van der Waals surface area (Å²) in [6.07, 6.45) is 1.60. The first-order valence-electron chi connectivity index (χ1n) is 7.22. The summed E-state index contributed by atoms with van der Waals surface area (Å²) >= 11 is 0. The van der Waals surface area contributed by atoms with Gasteiger partial charge in [-0.2, -0.15) is 5.26 Å². The summed E-state index contributed by atoms with van der Waals surface area (Å²) in [5.74, 6) is 2.96. The fourth-order valence-corrected chi connectivity index (χ4v) is 3.41. The van der Waals surface area contributed by atoms with Crippen LogP contribution < -0.4 is 9.47 Å². The normalized spacial score (nSPS) is 24.4. The second-order valence-corrected chi connectivity index (χ2v) is 5.57. The van der Waals surface area contributed by atoms with E-state index in [9.17, 15) is 0 Å². The summed E-state index contributed by atoms with van der Waals surface area (Å²) in [6.45, 7) is 3.91. The fourth-order valence-electron chi connectivity index (χ4n) is 3.41. The van der Waals surface area contributed by atoms with Gasteiger partial charge in [0.2, 0.25) is 0 Å². The molecule has 3 rings (SSSR count). The van der Waals surface area contributed by atoms with E-state index in [2.05, 4.69) is 11.0 Å². The minimum absolute atomic E-state index is 0.497. The van der Waals surface area contributed by atoms with Crippen LogP contribution in [0.15, 0.2) is 18.2 Å². The van der Waals surface area contributed by atoms with Gasteiger partial charge in [0, 0.05) is 36.9 Å². The molecule has 1 aromatic rings. The molecule has 2 heterocycles. The molecule has 0 unspecified atom stereocenters. The van der Waals surface area contributed by atoms with Crippen molar-refractivity contribution in [3.8, 4) is 17.6 Å². The standard InChI is InChI=1S/C16H20N2O2/c1-19-14-5-4-6-15-16(14)13-10-18(8-3-2-7-17)9-12(13)11-20-15/h4-6,12-13H,2-3,8-11H2,1H3/t12-,13-/m0/s1. The van der Waals surface area contributed by atoms with Gasteiger partial charge in [-0.25, -0.2) is 0 Å². The first kappa shape index (κ1) is 13.3. The van der Waals surface area contributed by atoms with Gasteiger partial charge in [0.15, 0.2) is 0 Å². The average molecular weight is 272 g/mol. The van der Waals surface area contributed by atoms with Gasteiger partial charge in [-0.05, 0) is 25.1 Å². The molecule has 1 saturated heterocycles. The number of hydrogen-bond donors (Lipinski definition) is 0. The molecule has 106 valence electrons.